The summed E-state index contributed by atoms with van der Waals surface area (Å²) in [5.41, 5.74) is 0. The minimum atomic E-state index is -0.784. The lowest BCUT2D eigenvalue weighted by molar-refractivity contribution is -0.144. The van der Waals surface area contributed by atoms with Gasteiger partial charge in [-0.05, 0) is 26.7 Å². The third kappa shape index (κ3) is 6.40. The Hall–Kier alpha value is -1.79. The van der Waals surface area contributed by atoms with Crippen LogP contribution in [-0.2, 0) is 19.1 Å². The smallest absolute Gasteiger partial charge is 0.408 e. The summed E-state index contributed by atoms with van der Waals surface area (Å²) in [7, 11) is 1.24. The molecule has 116 valence electrons. The first-order valence-electron chi connectivity index (χ1n) is 6.54. The Morgan fingerprint density at radius 1 is 0.950 bits per heavy atom. The second-order valence-corrected chi connectivity index (χ2v) is 5.07. The summed E-state index contributed by atoms with van der Waals surface area (Å²) in [6, 6.07) is -1.56. The second-order valence-electron chi connectivity index (χ2n) is 5.07. The van der Waals surface area contributed by atoms with Crippen molar-refractivity contribution >= 4 is 18.0 Å². The lowest BCUT2D eigenvalue weighted by Crippen LogP contribution is -2.53. The van der Waals surface area contributed by atoms with Crippen molar-refractivity contribution in [2.75, 3.05) is 7.11 Å². The summed E-state index contributed by atoms with van der Waals surface area (Å²) in [5.74, 6) is -1.16. The van der Waals surface area contributed by atoms with Crippen LogP contribution in [0.4, 0.5) is 4.79 Å². The third-order valence-electron chi connectivity index (χ3n) is 2.48. The van der Waals surface area contributed by atoms with Crippen LogP contribution in [0.2, 0.25) is 0 Å². The van der Waals surface area contributed by atoms with Gasteiger partial charge < -0.3 is 20.1 Å². The van der Waals surface area contributed by atoms with Crippen molar-refractivity contribution in [1.82, 2.24) is 10.6 Å². The molecule has 7 nitrogen and oxygen atoms in total. The molecule has 0 heterocycles. The van der Waals surface area contributed by atoms with Gasteiger partial charge in [-0.2, -0.15) is 0 Å². The van der Waals surface area contributed by atoms with E-state index in [9.17, 15) is 14.4 Å². The maximum atomic E-state index is 12.0. The number of alkyl carbamates (subject to hydrolysis) is 1. The number of hydrogen-bond donors (Lipinski definition) is 2. The van der Waals surface area contributed by atoms with Gasteiger partial charge in [0.1, 0.15) is 12.1 Å². The highest BCUT2D eigenvalue weighted by Gasteiger charge is 2.27. The third-order valence-corrected chi connectivity index (χ3v) is 2.48. The first kappa shape index (κ1) is 18.2. The number of nitrogens with one attached hydrogen (secondary N) is 2. The van der Waals surface area contributed by atoms with E-state index >= 15 is 0 Å². The van der Waals surface area contributed by atoms with Crippen LogP contribution in [0.1, 0.15) is 34.6 Å². The molecule has 0 fully saturated rings. The van der Waals surface area contributed by atoms with E-state index in [1.165, 1.54) is 14.0 Å². The zero-order chi connectivity index (χ0) is 15.9. The fraction of sp³-hybridized carbons (Fsp3) is 0.769. The Balaban J connectivity index is 4.63. The number of esters is 1. The lowest BCUT2D eigenvalue weighted by atomic mass is 10.0. The van der Waals surface area contributed by atoms with Crippen LogP contribution in [0.3, 0.4) is 0 Å². The number of rotatable bonds is 6. The molecule has 0 spiro atoms. The van der Waals surface area contributed by atoms with Gasteiger partial charge in [0.25, 0.3) is 0 Å². The van der Waals surface area contributed by atoms with E-state index in [0.29, 0.717) is 0 Å². The Labute approximate surface area is 119 Å². The molecule has 0 aromatic rings. The monoisotopic (exact) mass is 288 g/mol. The molecule has 0 bridgehead atoms. The predicted molar refractivity (Wildman–Crippen MR) is 73.0 cm³/mol. The summed E-state index contributed by atoms with van der Waals surface area (Å²) < 4.78 is 9.45. The number of amides is 2. The minimum absolute atomic E-state index is 0.153. The van der Waals surface area contributed by atoms with Crippen LogP contribution in [0.15, 0.2) is 0 Å². The van der Waals surface area contributed by atoms with Gasteiger partial charge in [-0.25, -0.2) is 9.59 Å². The summed E-state index contributed by atoms with van der Waals surface area (Å²) in [6.45, 7) is 8.49. The quantitative estimate of drug-likeness (QED) is 0.706. The molecule has 0 aliphatic carbocycles. The van der Waals surface area contributed by atoms with E-state index in [4.69, 9.17) is 4.74 Å². The van der Waals surface area contributed by atoms with E-state index in [2.05, 4.69) is 15.4 Å². The van der Waals surface area contributed by atoms with Gasteiger partial charge in [-0.15, -0.1) is 0 Å². The largest absolute Gasteiger partial charge is 0.467 e. The molecule has 20 heavy (non-hydrogen) atoms. The zero-order valence-corrected chi connectivity index (χ0v) is 12.9. The molecule has 2 amide bonds. The fourth-order valence-corrected chi connectivity index (χ4v) is 1.45. The topological polar surface area (TPSA) is 93.7 Å². The molecule has 0 saturated carbocycles. The molecule has 7 heteroatoms. The molecule has 0 aliphatic rings. The molecule has 0 aromatic heterocycles. The van der Waals surface area contributed by atoms with Gasteiger partial charge in [0, 0.05) is 0 Å². The summed E-state index contributed by atoms with van der Waals surface area (Å²) in [4.78, 5) is 34.8. The standard InChI is InChI=1S/C13H24N2O5/c1-7(2)10(15-13(18)20-8(3)4)11(16)14-9(5)12(17)19-6/h7-10H,1-6H3,(H,14,16)(H,15,18). The molecule has 2 unspecified atom stereocenters. The molecule has 0 aliphatic heterocycles. The van der Waals surface area contributed by atoms with Crippen molar-refractivity contribution in [3.8, 4) is 0 Å². The maximum Gasteiger partial charge on any atom is 0.408 e. The van der Waals surface area contributed by atoms with Crippen LogP contribution >= 0.6 is 0 Å². The average molecular weight is 288 g/mol. The van der Waals surface area contributed by atoms with Crippen molar-refractivity contribution in [3.63, 3.8) is 0 Å². The van der Waals surface area contributed by atoms with Gasteiger partial charge in [-0.3, -0.25) is 4.79 Å². The number of hydrogen-bond acceptors (Lipinski definition) is 5. The van der Waals surface area contributed by atoms with Crippen molar-refractivity contribution < 1.29 is 23.9 Å². The van der Waals surface area contributed by atoms with E-state index < -0.39 is 30.1 Å². The lowest BCUT2D eigenvalue weighted by Gasteiger charge is -2.23. The first-order valence-corrected chi connectivity index (χ1v) is 6.54. The Morgan fingerprint density at radius 3 is 1.90 bits per heavy atom. The van der Waals surface area contributed by atoms with Crippen LogP contribution in [0.5, 0.6) is 0 Å². The Morgan fingerprint density at radius 2 is 1.50 bits per heavy atom. The van der Waals surface area contributed by atoms with Crippen molar-refractivity contribution in [3.05, 3.63) is 0 Å². The minimum Gasteiger partial charge on any atom is -0.467 e. The summed E-state index contributed by atoms with van der Waals surface area (Å²) in [5, 5.41) is 4.97. The number of methoxy groups -OCH3 is 1. The van der Waals surface area contributed by atoms with Crippen LogP contribution in [0, 0.1) is 5.92 Å². The van der Waals surface area contributed by atoms with Gasteiger partial charge in [0.2, 0.25) is 5.91 Å². The fourth-order valence-electron chi connectivity index (χ4n) is 1.45. The van der Waals surface area contributed by atoms with E-state index in [0.717, 1.165) is 0 Å². The highest BCUT2D eigenvalue weighted by atomic mass is 16.6. The predicted octanol–water partition coefficient (Wildman–Crippen LogP) is 0.823. The number of carbonyl (C=O) groups excluding carboxylic acids is 3. The van der Waals surface area contributed by atoms with Gasteiger partial charge in [-0.1, -0.05) is 13.8 Å². The zero-order valence-electron chi connectivity index (χ0n) is 12.9. The van der Waals surface area contributed by atoms with Crippen LogP contribution < -0.4 is 10.6 Å². The molecule has 0 aromatic carbocycles. The first-order chi connectivity index (χ1) is 9.18. The van der Waals surface area contributed by atoms with Gasteiger partial charge in [0.15, 0.2) is 0 Å². The van der Waals surface area contributed by atoms with Crippen molar-refractivity contribution in [1.29, 1.82) is 0 Å². The number of ether oxygens (including phenoxy) is 2. The SMILES string of the molecule is COC(=O)C(C)NC(=O)C(NC(=O)OC(C)C)C(C)C. The van der Waals surface area contributed by atoms with Crippen LogP contribution in [-0.4, -0.2) is 43.3 Å². The normalized spacial score (nSPS) is 13.6. The van der Waals surface area contributed by atoms with E-state index in [1.54, 1.807) is 27.7 Å². The average Bonchev–Trinajstić information content (AvgIpc) is 2.33. The molecule has 0 saturated heterocycles. The second kappa shape index (κ2) is 8.39. The summed E-state index contributed by atoms with van der Waals surface area (Å²) in [6.07, 6.45) is -0.945. The Bertz CT molecular complexity index is 355. The van der Waals surface area contributed by atoms with Crippen molar-refractivity contribution in [2.45, 2.75) is 52.8 Å². The highest BCUT2D eigenvalue weighted by Crippen LogP contribution is 2.04. The maximum absolute atomic E-state index is 12.0. The van der Waals surface area contributed by atoms with Gasteiger partial charge in [0.05, 0.1) is 13.2 Å². The molecular formula is C13H24N2O5. The molecule has 2 N–H and O–H groups in total. The molecule has 2 atom stereocenters. The highest BCUT2D eigenvalue weighted by molar-refractivity contribution is 5.89. The Kier molecular flexibility index (Phi) is 7.64. The van der Waals surface area contributed by atoms with Crippen molar-refractivity contribution in [2.24, 2.45) is 5.92 Å². The summed E-state index contributed by atoms with van der Waals surface area (Å²) >= 11 is 0. The molecule has 0 rings (SSSR count). The number of carbonyl (C=O) groups is 3. The van der Waals surface area contributed by atoms with E-state index in [1.807, 2.05) is 0 Å². The molecule has 0 radical (unpaired) electrons. The molecular weight excluding hydrogens is 264 g/mol. The van der Waals surface area contributed by atoms with Gasteiger partial charge >= 0.3 is 12.1 Å². The van der Waals surface area contributed by atoms with Crippen LogP contribution in [0.25, 0.3) is 0 Å². The van der Waals surface area contributed by atoms with E-state index in [-0.39, 0.29) is 12.0 Å².